The molecule has 176 valence electrons. The zero-order valence-corrected chi connectivity index (χ0v) is 19.9. The van der Waals surface area contributed by atoms with Crippen molar-refractivity contribution in [1.29, 1.82) is 0 Å². The molecule has 0 spiro atoms. The number of nitrogens with zero attached hydrogens (tertiary/aromatic N) is 1. The first-order valence-corrected chi connectivity index (χ1v) is 13.5. The molecule has 0 aromatic heterocycles. The van der Waals surface area contributed by atoms with Gasteiger partial charge in [0.25, 0.3) is 5.69 Å². The van der Waals surface area contributed by atoms with Crippen LogP contribution in [0.4, 0.5) is 11.4 Å². The first kappa shape index (κ1) is 23.7. The number of benzene rings is 2. The number of carbonyl (C=O) groups is 1. The standard InChI is InChI=1S/C23H27N3O5S2/c1-15(22-13-16-2-3-17(22)12-16)25-33(30,31)21-10-4-18(5-11-21)24-23(27)14-32-20-8-6-19(7-9-20)26(28)29/h4-11,15-17,22,25H,2-3,12-14H2,1H3,(H,24,27). The van der Waals surface area contributed by atoms with Gasteiger partial charge in [0.15, 0.2) is 0 Å². The SMILES string of the molecule is CC(NS(=O)(=O)c1ccc(NC(=O)CSc2ccc([N+](=O)[O-])cc2)cc1)C1CC2CCC1C2. The van der Waals surface area contributed by atoms with Crippen molar-refractivity contribution in [3.63, 3.8) is 0 Å². The highest BCUT2D eigenvalue weighted by Gasteiger charge is 2.42. The van der Waals surface area contributed by atoms with E-state index >= 15 is 0 Å². The van der Waals surface area contributed by atoms with Crippen LogP contribution < -0.4 is 10.0 Å². The lowest BCUT2D eigenvalue weighted by Crippen LogP contribution is -2.40. The van der Waals surface area contributed by atoms with Crippen molar-refractivity contribution in [2.75, 3.05) is 11.1 Å². The summed E-state index contributed by atoms with van der Waals surface area (Å²) in [4.78, 5) is 23.4. The maximum atomic E-state index is 12.8. The van der Waals surface area contributed by atoms with Gasteiger partial charge < -0.3 is 5.32 Å². The number of hydrogen-bond donors (Lipinski definition) is 2. The molecule has 4 unspecified atom stereocenters. The highest BCUT2D eigenvalue weighted by atomic mass is 32.2. The number of anilines is 1. The van der Waals surface area contributed by atoms with Crippen LogP contribution in [0.1, 0.15) is 32.6 Å². The number of amides is 1. The second kappa shape index (κ2) is 9.82. The molecule has 1 amide bonds. The van der Waals surface area contributed by atoms with Gasteiger partial charge in [-0.3, -0.25) is 14.9 Å². The molecule has 0 saturated heterocycles. The molecule has 2 aliphatic carbocycles. The number of nitrogens with one attached hydrogen (secondary N) is 2. The number of non-ortho nitro benzene ring substituents is 1. The van der Waals surface area contributed by atoms with Crippen molar-refractivity contribution in [1.82, 2.24) is 4.72 Å². The molecule has 2 N–H and O–H groups in total. The van der Waals surface area contributed by atoms with Crippen molar-refractivity contribution in [3.8, 4) is 0 Å². The Morgan fingerprint density at radius 1 is 1.12 bits per heavy atom. The highest BCUT2D eigenvalue weighted by Crippen LogP contribution is 2.49. The molecule has 4 atom stereocenters. The van der Waals surface area contributed by atoms with E-state index in [1.165, 1.54) is 55.3 Å². The number of thioether (sulfide) groups is 1. The number of hydrogen-bond acceptors (Lipinski definition) is 6. The van der Waals surface area contributed by atoms with E-state index in [1.807, 2.05) is 6.92 Å². The smallest absolute Gasteiger partial charge is 0.269 e. The first-order valence-electron chi connectivity index (χ1n) is 11.0. The fraction of sp³-hybridized carbons (Fsp3) is 0.435. The lowest BCUT2D eigenvalue weighted by atomic mass is 9.84. The van der Waals surface area contributed by atoms with Crippen LogP contribution in [0.5, 0.6) is 0 Å². The minimum Gasteiger partial charge on any atom is -0.325 e. The van der Waals surface area contributed by atoms with Crippen LogP contribution >= 0.6 is 11.8 Å². The molecule has 2 aliphatic rings. The van der Waals surface area contributed by atoms with E-state index in [4.69, 9.17) is 0 Å². The Morgan fingerprint density at radius 3 is 2.39 bits per heavy atom. The molecule has 0 heterocycles. The predicted molar refractivity (Wildman–Crippen MR) is 128 cm³/mol. The molecule has 10 heteroatoms. The van der Waals surface area contributed by atoms with Gasteiger partial charge in [-0.1, -0.05) is 6.42 Å². The second-order valence-electron chi connectivity index (χ2n) is 8.86. The third kappa shape index (κ3) is 5.74. The zero-order chi connectivity index (χ0) is 23.6. The fourth-order valence-corrected chi connectivity index (χ4v) is 7.03. The molecule has 8 nitrogen and oxygen atoms in total. The molecule has 4 rings (SSSR count). The molecule has 2 aromatic carbocycles. The normalized spacial score (nSPS) is 22.8. The van der Waals surface area contributed by atoms with Crippen LogP contribution in [0.25, 0.3) is 0 Å². The average molecular weight is 490 g/mol. The van der Waals surface area contributed by atoms with Crippen molar-refractivity contribution in [3.05, 3.63) is 58.6 Å². The molecule has 2 saturated carbocycles. The monoisotopic (exact) mass is 489 g/mol. The van der Waals surface area contributed by atoms with E-state index < -0.39 is 14.9 Å². The Hall–Kier alpha value is -2.43. The van der Waals surface area contributed by atoms with Gasteiger partial charge in [-0.15, -0.1) is 11.8 Å². The number of nitro groups is 1. The Morgan fingerprint density at radius 2 is 1.82 bits per heavy atom. The highest BCUT2D eigenvalue weighted by molar-refractivity contribution is 8.00. The summed E-state index contributed by atoms with van der Waals surface area (Å²) in [6, 6.07) is 12.0. The van der Waals surface area contributed by atoms with Crippen LogP contribution in [-0.4, -0.2) is 31.0 Å². The minimum absolute atomic E-state index is 0.00166. The maximum absolute atomic E-state index is 12.8. The Balaban J connectivity index is 1.29. The van der Waals surface area contributed by atoms with Crippen molar-refractivity contribution in [2.45, 2.75) is 48.4 Å². The number of rotatable bonds is 9. The Labute approximate surface area is 197 Å². The van der Waals surface area contributed by atoms with E-state index in [0.717, 1.165) is 17.2 Å². The van der Waals surface area contributed by atoms with Gasteiger partial charge in [0, 0.05) is 28.8 Å². The molecule has 33 heavy (non-hydrogen) atoms. The van der Waals surface area contributed by atoms with Gasteiger partial charge in [-0.2, -0.15) is 0 Å². The molecule has 0 aliphatic heterocycles. The summed E-state index contributed by atoms with van der Waals surface area (Å²) in [5, 5.41) is 13.4. The Kier molecular flexibility index (Phi) is 7.06. The summed E-state index contributed by atoms with van der Waals surface area (Å²) >= 11 is 1.26. The zero-order valence-electron chi connectivity index (χ0n) is 18.3. The van der Waals surface area contributed by atoms with Crippen LogP contribution in [0.2, 0.25) is 0 Å². The topological polar surface area (TPSA) is 118 Å². The quantitative estimate of drug-likeness (QED) is 0.306. The summed E-state index contributed by atoms with van der Waals surface area (Å²) in [7, 11) is -3.63. The van der Waals surface area contributed by atoms with Gasteiger partial charge >= 0.3 is 0 Å². The van der Waals surface area contributed by atoms with Crippen LogP contribution in [0.15, 0.2) is 58.3 Å². The summed E-state index contributed by atoms with van der Waals surface area (Å²) < 4.78 is 28.5. The van der Waals surface area contributed by atoms with E-state index in [0.29, 0.717) is 17.5 Å². The summed E-state index contributed by atoms with van der Waals surface area (Å²) in [5.74, 6) is 1.67. The molecule has 0 radical (unpaired) electrons. The summed E-state index contributed by atoms with van der Waals surface area (Å²) in [6.45, 7) is 1.96. The van der Waals surface area contributed by atoms with Crippen molar-refractivity contribution >= 4 is 39.1 Å². The van der Waals surface area contributed by atoms with E-state index in [2.05, 4.69) is 10.0 Å². The third-order valence-corrected chi connectivity index (χ3v) is 9.23. The number of nitro benzene ring substituents is 1. The van der Waals surface area contributed by atoms with E-state index in [-0.39, 0.29) is 28.3 Å². The molecule has 2 bridgehead atoms. The molecular formula is C23H27N3O5S2. The average Bonchev–Trinajstić information content (AvgIpc) is 3.42. The molecule has 2 fully saturated rings. The van der Waals surface area contributed by atoms with Gasteiger partial charge in [-0.05, 0) is 80.3 Å². The van der Waals surface area contributed by atoms with Crippen LogP contribution in [0, 0.1) is 27.9 Å². The van der Waals surface area contributed by atoms with Crippen LogP contribution in [-0.2, 0) is 14.8 Å². The van der Waals surface area contributed by atoms with Gasteiger partial charge in [0.2, 0.25) is 15.9 Å². The lowest BCUT2D eigenvalue weighted by Gasteiger charge is -2.28. The Bertz CT molecular complexity index is 1120. The number of carbonyl (C=O) groups excluding carboxylic acids is 1. The minimum atomic E-state index is -3.63. The van der Waals surface area contributed by atoms with E-state index in [9.17, 15) is 23.3 Å². The van der Waals surface area contributed by atoms with Crippen molar-refractivity contribution in [2.24, 2.45) is 17.8 Å². The lowest BCUT2D eigenvalue weighted by molar-refractivity contribution is -0.384. The number of fused-ring (bicyclic) bond motifs is 2. The van der Waals surface area contributed by atoms with Crippen LogP contribution in [0.3, 0.4) is 0 Å². The number of sulfonamides is 1. The van der Waals surface area contributed by atoms with Gasteiger partial charge in [-0.25, -0.2) is 13.1 Å². The fourth-order valence-electron chi connectivity index (χ4n) is 5.03. The largest absolute Gasteiger partial charge is 0.325 e. The van der Waals surface area contributed by atoms with Gasteiger partial charge in [0.05, 0.1) is 15.6 Å². The first-order chi connectivity index (χ1) is 15.7. The summed E-state index contributed by atoms with van der Waals surface area (Å²) in [5.41, 5.74) is 0.502. The third-order valence-electron chi connectivity index (χ3n) is 6.64. The summed E-state index contributed by atoms with van der Waals surface area (Å²) in [6.07, 6.45) is 4.82. The van der Waals surface area contributed by atoms with Gasteiger partial charge in [0.1, 0.15) is 0 Å². The van der Waals surface area contributed by atoms with E-state index in [1.54, 1.807) is 24.3 Å². The predicted octanol–water partition coefficient (Wildman–Crippen LogP) is 4.43. The second-order valence-corrected chi connectivity index (χ2v) is 11.6. The maximum Gasteiger partial charge on any atom is 0.269 e. The van der Waals surface area contributed by atoms with Crippen molar-refractivity contribution < 1.29 is 18.1 Å². The molecular weight excluding hydrogens is 462 g/mol. The molecule has 2 aromatic rings.